The van der Waals surface area contributed by atoms with Gasteiger partial charge in [0, 0.05) is 19.5 Å². The van der Waals surface area contributed by atoms with Crippen molar-refractivity contribution < 1.29 is 4.79 Å². The highest BCUT2D eigenvalue weighted by Crippen LogP contribution is 2.21. The Hall–Kier alpha value is -0.530. The van der Waals surface area contributed by atoms with Crippen molar-refractivity contribution in [2.45, 2.75) is 71.6 Å². The van der Waals surface area contributed by atoms with Gasteiger partial charge in [-0.15, -0.1) is 0 Å². The number of likely N-dealkylation sites (tertiary alicyclic amines) is 1. The van der Waals surface area contributed by atoms with E-state index < -0.39 is 0 Å². The molecule has 1 rings (SSSR count). The molecule has 0 saturated carbocycles. The molecule has 0 aromatic carbocycles. The lowest BCUT2D eigenvalue weighted by Crippen LogP contribution is -2.29. The number of nitrogens with zero attached hydrogens (tertiary/aromatic N) is 1. The van der Waals surface area contributed by atoms with E-state index in [-0.39, 0.29) is 0 Å². The van der Waals surface area contributed by atoms with Gasteiger partial charge in [0.25, 0.3) is 0 Å². The summed E-state index contributed by atoms with van der Waals surface area (Å²) in [6.07, 6.45) is 10.8. The third kappa shape index (κ3) is 5.56. The molecule has 1 heterocycles. The van der Waals surface area contributed by atoms with Gasteiger partial charge in [0.2, 0.25) is 5.91 Å². The molecule has 0 bridgehead atoms. The van der Waals surface area contributed by atoms with Gasteiger partial charge in [0.1, 0.15) is 0 Å². The summed E-state index contributed by atoms with van der Waals surface area (Å²) >= 11 is 0. The Morgan fingerprint density at radius 3 is 2.35 bits per heavy atom. The van der Waals surface area contributed by atoms with Crippen molar-refractivity contribution in [1.29, 1.82) is 0 Å². The maximum Gasteiger partial charge on any atom is 0.222 e. The fourth-order valence-corrected chi connectivity index (χ4v) is 2.78. The van der Waals surface area contributed by atoms with Gasteiger partial charge in [-0.05, 0) is 25.2 Å². The molecule has 1 aliphatic rings. The van der Waals surface area contributed by atoms with Crippen molar-refractivity contribution in [2.75, 3.05) is 13.1 Å². The Balaban J connectivity index is 2.28. The van der Waals surface area contributed by atoms with E-state index in [4.69, 9.17) is 0 Å². The fraction of sp³-hybridized carbons (Fsp3) is 0.933. The molecule has 100 valence electrons. The standard InChI is InChI=1S/C15H29NO/c1-3-5-6-10-14(9-4-2)13-15(17)16-11-7-8-12-16/h14H,3-13H2,1-2H3. The number of rotatable bonds is 8. The van der Waals surface area contributed by atoms with Crippen LogP contribution in [0, 0.1) is 5.92 Å². The summed E-state index contributed by atoms with van der Waals surface area (Å²) < 4.78 is 0. The maximum atomic E-state index is 12.1. The molecule has 2 heteroatoms. The Kier molecular flexibility index (Phi) is 7.30. The number of hydrogen-bond acceptors (Lipinski definition) is 1. The van der Waals surface area contributed by atoms with Crippen LogP contribution >= 0.6 is 0 Å². The van der Waals surface area contributed by atoms with Crippen LogP contribution in [0.2, 0.25) is 0 Å². The maximum absolute atomic E-state index is 12.1. The second-order valence-electron chi connectivity index (χ2n) is 5.44. The van der Waals surface area contributed by atoms with Crippen molar-refractivity contribution in [2.24, 2.45) is 5.92 Å². The molecule has 1 amide bonds. The zero-order chi connectivity index (χ0) is 12.5. The monoisotopic (exact) mass is 239 g/mol. The van der Waals surface area contributed by atoms with E-state index in [0.717, 1.165) is 19.5 Å². The molecule has 0 aliphatic carbocycles. The van der Waals surface area contributed by atoms with E-state index in [0.29, 0.717) is 11.8 Å². The first-order chi connectivity index (χ1) is 8.27. The largest absolute Gasteiger partial charge is 0.343 e. The van der Waals surface area contributed by atoms with Crippen LogP contribution in [0.1, 0.15) is 71.6 Å². The van der Waals surface area contributed by atoms with Gasteiger partial charge in [-0.25, -0.2) is 0 Å². The summed E-state index contributed by atoms with van der Waals surface area (Å²) in [4.78, 5) is 14.2. The zero-order valence-corrected chi connectivity index (χ0v) is 11.7. The minimum absolute atomic E-state index is 0.414. The molecular formula is C15H29NO. The van der Waals surface area contributed by atoms with Gasteiger partial charge in [0.05, 0.1) is 0 Å². The Labute approximate surface area is 107 Å². The highest BCUT2D eigenvalue weighted by Gasteiger charge is 2.21. The molecule has 1 atom stereocenters. The summed E-state index contributed by atoms with van der Waals surface area (Å²) in [5.74, 6) is 1.05. The van der Waals surface area contributed by atoms with Crippen molar-refractivity contribution in [3.05, 3.63) is 0 Å². The van der Waals surface area contributed by atoms with Crippen LogP contribution in [0.4, 0.5) is 0 Å². The molecule has 0 spiro atoms. The predicted molar refractivity (Wildman–Crippen MR) is 73.0 cm³/mol. The van der Waals surface area contributed by atoms with Crippen LogP contribution in [0.5, 0.6) is 0 Å². The molecule has 0 aromatic heterocycles. The first kappa shape index (κ1) is 14.5. The van der Waals surface area contributed by atoms with Crippen LogP contribution in [0.3, 0.4) is 0 Å². The quantitative estimate of drug-likeness (QED) is 0.586. The summed E-state index contributed by atoms with van der Waals surface area (Å²) in [5, 5.41) is 0. The number of hydrogen-bond donors (Lipinski definition) is 0. The summed E-state index contributed by atoms with van der Waals surface area (Å²) in [6, 6.07) is 0. The normalized spacial score (nSPS) is 17.4. The van der Waals surface area contributed by atoms with Gasteiger partial charge in [-0.3, -0.25) is 4.79 Å². The number of unbranched alkanes of at least 4 members (excludes halogenated alkanes) is 2. The topological polar surface area (TPSA) is 20.3 Å². The lowest BCUT2D eigenvalue weighted by molar-refractivity contribution is -0.131. The molecule has 1 fully saturated rings. The van der Waals surface area contributed by atoms with E-state index in [1.165, 1.54) is 51.4 Å². The molecule has 0 aromatic rings. The third-order valence-electron chi connectivity index (χ3n) is 3.83. The second kappa shape index (κ2) is 8.54. The van der Waals surface area contributed by atoms with Crippen molar-refractivity contribution in [1.82, 2.24) is 4.90 Å². The molecule has 0 radical (unpaired) electrons. The van der Waals surface area contributed by atoms with Crippen LogP contribution in [0.15, 0.2) is 0 Å². The Bertz CT molecular complexity index is 209. The summed E-state index contributed by atoms with van der Waals surface area (Å²) in [6.45, 7) is 6.48. The minimum atomic E-state index is 0.414. The molecule has 1 unspecified atom stereocenters. The molecule has 17 heavy (non-hydrogen) atoms. The lowest BCUT2D eigenvalue weighted by Gasteiger charge is -2.20. The second-order valence-corrected chi connectivity index (χ2v) is 5.44. The smallest absolute Gasteiger partial charge is 0.222 e. The summed E-state index contributed by atoms with van der Waals surface area (Å²) in [7, 11) is 0. The first-order valence-corrected chi connectivity index (χ1v) is 7.55. The average molecular weight is 239 g/mol. The van der Waals surface area contributed by atoms with E-state index in [2.05, 4.69) is 18.7 Å². The van der Waals surface area contributed by atoms with Crippen LogP contribution in [-0.4, -0.2) is 23.9 Å². The van der Waals surface area contributed by atoms with Gasteiger partial charge in [-0.2, -0.15) is 0 Å². The molecule has 1 saturated heterocycles. The van der Waals surface area contributed by atoms with Crippen molar-refractivity contribution in [3.63, 3.8) is 0 Å². The highest BCUT2D eigenvalue weighted by molar-refractivity contribution is 5.76. The van der Waals surface area contributed by atoms with Gasteiger partial charge >= 0.3 is 0 Å². The lowest BCUT2D eigenvalue weighted by atomic mass is 9.93. The SMILES string of the molecule is CCCCCC(CCC)CC(=O)N1CCCC1. The highest BCUT2D eigenvalue weighted by atomic mass is 16.2. The Morgan fingerprint density at radius 1 is 1.06 bits per heavy atom. The first-order valence-electron chi connectivity index (χ1n) is 7.55. The van der Waals surface area contributed by atoms with Crippen molar-refractivity contribution in [3.8, 4) is 0 Å². The average Bonchev–Trinajstić information content (AvgIpc) is 2.83. The molecule has 2 nitrogen and oxygen atoms in total. The van der Waals surface area contributed by atoms with E-state index in [1.54, 1.807) is 0 Å². The number of amides is 1. The van der Waals surface area contributed by atoms with E-state index in [1.807, 2.05) is 0 Å². The number of carbonyl (C=O) groups excluding carboxylic acids is 1. The van der Waals surface area contributed by atoms with Crippen LogP contribution in [0.25, 0.3) is 0 Å². The molecule has 1 aliphatic heterocycles. The zero-order valence-electron chi connectivity index (χ0n) is 11.7. The van der Waals surface area contributed by atoms with Gasteiger partial charge in [-0.1, -0.05) is 46.0 Å². The van der Waals surface area contributed by atoms with Crippen LogP contribution in [-0.2, 0) is 4.79 Å². The van der Waals surface area contributed by atoms with E-state index >= 15 is 0 Å². The molecule has 0 N–H and O–H groups in total. The van der Waals surface area contributed by atoms with Crippen LogP contribution < -0.4 is 0 Å². The third-order valence-corrected chi connectivity index (χ3v) is 3.83. The minimum Gasteiger partial charge on any atom is -0.343 e. The fourth-order valence-electron chi connectivity index (χ4n) is 2.78. The van der Waals surface area contributed by atoms with Gasteiger partial charge in [0.15, 0.2) is 0 Å². The molecular weight excluding hydrogens is 210 g/mol. The van der Waals surface area contributed by atoms with Crippen molar-refractivity contribution >= 4 is 5.91 Å². The van der Waals surface area contributed by atoms with E-state index in [9.17, 15) is 4.79 Å². The number of carbonyl (C=O) groups is 1. The predicted octanol–water partition coefficient (Wildman–Crippen LogP) is 4.00. The van der Waals surface area contributed by atoms with Gasteiger partial charge < -0.3 is 4.90 Å². The summed E-state index contributed by atoms with van der Waals surface area (Å²) in [5.41, 5.74) is 0. The Morgan fingerprint density at radius 2 is 1.76 bits per heavy atom.